The molecule has 1 aliphatic carbocycles. The van der Waals surface area contributed by atoms with Crippen LogP contribution in [0.2, 0.25) is 0 Å². The van der Waals surface area contributed by atoms with Gasteiger partial charge in [0.2, 0.25) is 5.91 Å². The van der Waals surface area contributed by atoms with Crippen LogP contribution in [0.1, 0.15) is 24.3 Å². The zero-order valence-corrected chi connectivity index (χ0v) is 11.9. The molecule has 3 rings (SSSR count). The maximum absolute atomic E-state index is 12.6. The van der Waals surface area contributed by atoms with Crippen molar-refractivity contribution < 1.29 is 19.4 Å². The number of likely N-dealkylation sites (tertiary alicyclic amines) is 1. The van der Waals surface area contributed by atoms with Crippen molar-refractivity contribution in [3.63, 3.8) is 0 Å². The van der Waals surface area contributed by atoms with Gasteiger partial charge in [-0.25, -0.2) is 4.79 Å². The SMILES string of the molecule is COC(=O)C1CC(O)CN1C(=O)C1CC1c1ccccc1. The summed E-state index contributed by atoms with van der Waals surface area (Å²) in [6, 6.07) is 9.28. The maximum atomic E-state index is 12.6. The molecule has 0 bridgehead atoms. The molecule has 1 aliphatic heterocycles. The van der Waals surface area contributed by atoms with Gasteiger partial charge in [0.1, 0.15) is 6.04 Å². The van der Waals surface area contributed by atoms with E-state index in [9.17, 15) is 14.7 Å². The van der Waals surface area contributed by atoms with Crippen LogP contribution in [0.4, 0.5) is 0 Å². The number of amides is 1. The van der Waals surface area contributed by atoms with Crippen molar-refractivity contribution in [1.82, 2.24) is 4.90 Å². The minimum atomic E-state index is -0.646. The molecule has 1 N–H and O–H groups in total. The molecule has 0 aromatic heterocycles. The Morgan fingerprint density at radius 2 is 1.95 bits per heavy atom. The zero-order chi connectivity index (χ0) is 15.0. The van der Waals surface area contributed by atoms with Crippen LogP contribution in [0, 0.1) is 5.92 Å². The molecule has 21 heavy (non-hydrogen) atoms. The van der Waals surface area contributed by atoms with Gasteiger partial charge in [-0.1, -0.05) is 30.3 Å². The highest BCUT2D eigenvalue weighted by Crippen LogP contribution is 2.49. The standard InChI is InChI=1S/C16H19NO4/c1-21-16(20)14-7-11(18)9-17(14)15(19)13-8-12(13)10-5-3-2-4-6-10/h2-6,11-14,18H,7-9H2,1H3. The first-order valence-electron chi connectivity index (χ1n) is 7.23. The summed E-state index contributed by atoms with van der Waals surface area (Å²) < 4.78 is 4.73. The lowest BCUT2D eigenvalue weighted by atomic mass is 10.1. The Kier molecular flexibility index (Phi) is 3.68. The predicted molar refractivity (Wildman–Crippen MR) is 75.4 cm³/mol. The smallest absolute Gasteiger partial charge is 0.328 e. The summed E-state index contributed by atoms with van der Waals surface area (Å²) in [5, 5.41) is 9.75. The summed E-state index contributed by atoms with van der Waals surface area (Å²) >= 11 is 0. The third-order valence-electron chi connectivity index (χ3n) is 4.37. The topological polar surface area (TPSA) is 66.8 Å². The zero-order valence-electron chi connectivity index (χ0n) is 11.9. The molecule has 0 spiro atoms. The number of rotatable bonds is 3. The normalized spacial score (nSPS) is 31.0. The summed E-state index contributed by atoms with van der Waals surface area (Å²) in [4.78, 5) is 25.8. The van der Waals surface area contributed by atoms with E-state index in [-0.39, 0.29) is 30.7 Å². The molecule has 1 saturated heterocycles. The molecule has 0 radical (unpaired) electrons. The molecule has 4 atom stereocenters. The molecular weight excluding hydrogens is 270 g/mol. The van der Waals surface area contributed by atoms with E-state index < -0.39 is 18.1 Å². The second kappa shape index (κ2) is 5.48. The van der Waals surface area contributed by atoms with Crippen LogP contribution in [0.3, 0.4) is 0 Å². The number of ether oxygens (including phenoxy) is 1. The number of esters is 1. The predicted octanol–water partition coefficient (Wildman–Crippen LogP) is 0.925. The lowest BCUT2D eigenvalue weighted by molar-refractivity contribution is -0.151. The van der Waals surface area contributed by atoms with Crippen molar-refractivity contribution in [1.29, 1.82) is 0 Å². The lowest BCUT2D eigenvalue weighted by Gasteiger charge is -2.22. The molecule has 4 unspecified atom stereocenters. The van der Waals surface area contributed by atoms with Gasteiger partial charge in [-0.3, -0.25) is 4.79 Å². The van der Waals surface area contributed by atoms with Gasteiger partial charge < -0.3 is 14.7 Å². The summed E-state index contributed by atoms with van der Waals surface area (Å²) in [5.41, 5.74) is 1.16. The van der Waals surface area contributed by atoms with E-state index in [4.69, 9.17) is 4.74 Å². The fraction of sp³-hybridized carbons (Fsp3) is 0.500. The molecule has 1 aromatic rings. The van der Waals surface area contributed by atoms with Crippen LogP contribution in [0.15, 0.2) is 30.3 Å². The lowest BCUT2D eigenvalue weighted by Crippen LogP contribution is -2.42. The van der Waals surface area contributed by atoms with Gasteiger partial charge in [0, 0.05) is 18.9 Å². The van der Waals surface area contributed by atoms with Crippen molar-refractivity contribution in [2.24, 2.45) is 5.92 Å². The van der Waals surface area contributed by atoms with Crippen molar-refractivity contribution in [3.8, 4) is 0 Å². The van der Waals surface area contributed by atoms with Gasteiger partial charge in [-0.2, -0.15) is 0 Å². The Labute approximate surface area is 123 Å². The highest BCUT2D eigenvalue weighted by atomic mass is 16.5. The second-order valence-electron chi connectivity index (χ2n) is 5.78. The summed E-state index contributed by atoms with van der Waals surface area (Å²) in [6.45, 7) is 0.219. The minimum Gasteiger partial charge on any atom is -0.467 e. The van der Waals surface area contributed by atoms with Crippen molar-refractivity contribution >= 4 is 11.9 Å². The highest BCUT2D eigenvalue weighted by Gasteiger charge is 2.50. The number of β-amino-alcohol motifs (C(OH)–C–C–N with tert-alkyl or cyclic N) is 1. The van der Waals surface area contributed by atoms with E-state index in [1.54, 1.807) is 0 Å². The van der Waals surface area contributed by atoms with E-state index in [1.165, 1.54) is 12.0 Å². The number of aliphatic hydroxyl groups is 1. The third kappa shape index (κ3) is 2.65. The number of nitrogens with zero attached hydrogens (tertiary/aromatic N) is 1. The molecule has 1 amide bonds. The number of methoxy groups -OCH3 is 1. The summed E-state index contributed by atoms with van der Waals surface area (Å²) in [6.07, 6.45) is 0.428. The minimum absolute atomic E-state index is 0.0456. The number of hydrogen-bond donors (Lipinski definition) is 1. The van der Waals surface area contributed by atoms with Gasteiger partial charge in [0.15, 0.2) is 0 Å². The van der Waals surface area contributed by atoms with Gasteiger partial charge in [0.05, 0.1) is 13.2 Å². The summed E-state index contributed by atoms with van der Waals surface area (Å²) in [7, 11) is 1.31. The summed E-state index contributed by atoms with van der Waals surface area (Å²) in [5.74, 6) is -0.341. The first kappa shape index (κ1) is 14.1. The monoisotopic (exact) mass is 289 g/mol. The molecule has 5 heteroatoms. The Balaban J connectivity index is 1.70. The van der Waals surface area contributed by atoms with Crippen molar-refractivity contribution in [2.75, 3.05) is 13.7 Å². The number of carbonyl (C=O) groups excluding carboxylic acids is 2. The molecule has 2 aliphatic rings. The van der Waals surface area contributed by atoms with Crippen LogP contribution < -0.4 is 0 Å². The van der Waals surface area contributed by atoms with Crippen molar-refractivity contribution in [3.05, 3.63) is 35.9 Å². The average molecular weight is 289 g/mol. The van der Waals surface area contributed by atoms with Gasteiger partial charge >= 0.3 is 5.97 Å². The molecular formula is C16H19NO4. The largest absolute Gasteiger partial charge is 0.467 e. The van der Waals surface area contributed by atoms with Crippen LogP contribution in [-0.4, -0.2) is 47.7 Å². The van der Waals surface area contributed by atoms with E-state index in [0.717, 1.165) is 12.0 Å². The van der Waals surface area contributed by atoms with Gasteiger partial charge in [-0.05, 0) is 17.9 Å². The average Bonchev–Trinajstić information content (AvgIpc) is 3.22. The fourth-order valence-electron chi connectivity index (χ4n) is 3.17. The third-order valence-corrected chi connectivity index (χ3v) is 4.37. The number of benzene rings is 1. The molecule has 2 fully saturated rings. The van der Waals surface area contributed by atoms with Crippen LogP contribution >= 0.6 is 0 Å². The van der Waals surface area contributed by atoms with E-state index in [2.05, 4.69) is 0 Å². The van der Waals surface area contributed by atoms with Crippen LogP contribution in [0.5, 0.6) is 0 Å². The fourth-order valence-corrected chi connectivity index (χ4v) is 3.17. The van der Waals surface area contributed by atoms with Crippen LogP contribution in [-0.2, 0) is 14.3 Å². The number of carbonyl (C=O) groups is 2. The Morgan fingerprint density at radius 3 is 2.62 bits per heavy atom. The Morgan fingerprint density at radius 1 is 1.24 bits per heavy atom. The number of hydrogen-bond acceptors (Lipinski definition) is 4. The first-order valence-corrected chi connectivity index (χ1v) is 7.23. The van der Waals surface area contributed by atoms with Crippen LogP contribution in [0.25, 0.3) is 0 Å². The highest BCUT2D eigenvalue weighted by molar-refractivity contribution is 5.88. The first-order chi connectivity index (χ1) is 10.1. The second-order valence-corrected chi connectivity index (χ2v) is 5.78. The molecule has 1 saturated carbocycles. The van der Waals surface area contributed by atoms with E-state index in [0.29, 0.717) is 0 Å². The maximum Gasteiger partial charge on any atom is 0.328 e. The van der Waals surface area contributed by atoms with E-state index in [1.807, 2.05) is 30.3 Å². The number of aliphatic hydroxyl groups excluding tert-OH is 1. The van der Waals surface area contributed by atoms with Gasteiger partial charge in [-0.15, -0.1) is 0 Å². The van der Waals surface area contributed by atoms with E-state index >= 15 is 0 Å². The molecule has 5 nitrogen and oxygen atoms in total. The molecule has 1 aromatic carbocycles. The molecule has 112 valence electrons. The Hall–Kier alpha value is -1.88. The van der Waals surface area contributed by atoms with Gasteiger partial charge in [0.25, 0.3) is 0 Å². The molecule has 1 heterocycles. The quantitative estimate of drug-likeness (QED) is 0.841. The van der Waals surface area contributed by atoms with Crippen molar-refractivity contribution in [2.45, 2.75) is 30.9 Å². The Bertz CT molecular complexity index is 544.